The molecule has 6 heteroatoms. The Morgan fingerprint density at radius 1 is 1.12 bits per heavy atom. The highest BCUT2D eigenvalue weighted by Gasteiger charge is 2.17. The number of esters is 1. The predicted octanol–water partition coefficient (Wildman–Crippen LogP) is 4.71. The minimum atomic E-state index is -0.659. The molecule has 2 aromatic carbocycles. The molecule has 0 unspecified atom stereocenters. The van der Waals surface area contributed by atoms with Crippen molar-refractivity contribution in [2.75, 3.05) is 0 Å². The summed E-state index contributed by atoms with van der Waals surface area (Å²) in [6.45, 7) is 1.67. The molecule has 0 aliphatic rings. The fraction of sp³-hybridized carbons (Fsp3) is 0.105. The van der Waals surface area contributed by atoms with Gasteiger partial charge < -0.3 is 9.15 Å². The number of hydrogen-bond acceptors (Lipinski definition) is 5. The Morgan fingerprint density at radius 3 is 2.60 bits per heavy atom. The fourth-order valence-corrected chi connectivity index (χ4v) is 2.33. The van der Waals surface area contributed by atoms with Crippen LogP contribution in [0, 0.1) is 0 Å². The molecule has 5 nitrogen and oxygen atoms in total. The van der Waals surface area contributed by atoms with Crippen LogP contribution in [0.4, 0.5) is 0 Å². The van der Waals surface area contributed by atoms with Crippen LogP contribution in [0.15, 0.2) is 65.1 Å². The summed E-state index contributed by atoms with van der Waals surface area (Å²) in [6.07, 6.45) is 2.25. The number of carbonyl (C=O) groups is 1. The van der Waals surface area contributed by atoms with Crippen LogP contribution in [0.3, 0.4) is 0 Å². The number of halogens is 1. The van der Waals surface area contributed by atoms with Crippen LogP contribution in [-0.2, 0) is 9.53 Å². The van der Waals surface area contributed by atoms with Crippen molar-refractivity contribution in [3.63, 3.8) is 0 Å². The molecule has 0 radical (unpaired) electrons. The predicted molar refractivity (Wildman–Crippen MR) is 94.7 cm³/mol. The van der Waals surface area contributed by atoms with Gasteiger partial charge in [0.25, 0.3) is 5.89 Å². The second kappa shape index (κ2) is 7.77. The molecule has 0 N–H and O–H groups in total. The summed E-state index contributed by atoms with van der Waals surface area (Å²) in [5.41, 5.74) is 1.54. The summed E-state index contributed by atoms with van der Waals surface area (Å²) >= 11 is 6.03. The molecule has 0 spiro atoms. The van der Waals surface area contributed by atoms with Gasteiger partial charge in [0.15, 0.2) is 6.10 Å². The number of benzene rings is 2. The first-order valence-corrected chi connectivity index (χ1v) is 8.03. The lowest BCUT2D eigenvalue weighted by molar-refractivity contribution is -0.143. The number of hydrogen-bond donors (Lipinski definition) is 0. The quantitative estimate of drug-likeness (QED) is 0.490. The van der Waals surface area contributed by atoms with E-state index in [0.29, 0.717) is 10.9 Å². The molecule has 1 aromatic heterocycles. The van der Waals surface area contributed by atoms with Crippen molar-refractivity contribution >= 4 is 23.6 Å². The van der Waals surface area contributed by atoms with Crippen molar-refractivity contribution in [1.29, 1.82) is 0 Å². The third-order valence-corrected chi connectivity index (χ3v) is 3.75. The van der Waals surface area contributed by atoms with Crippen LogP contribution in [0.5, 0.6) is 0 Å². The molecule has 1 atom stereocenters. The fourth-order valence-electron chi connectivity index (χ4n) is 2.13. The monoisotopic (exact) mass is 354 g/mol. The molecule has 0 saturated carbocycles. The summed E-state index contributed by atoms with van der Waals surface area (Å²) in [4.78, 5) is 11.9. The Balaban J connectivity index is 1.64. The zero-order valence-corrected chi connectivity index (χ0v) is 14.2. The first kappa shape index (κ1) is 16.9. The Hall–Kier alpha value is -2.92. The number of ether oxygens (including phenoxy) is 1. The van der Waals surface area contributed by atoms with Crippen LogP contribution in [0.1, 0.15) is 24.5 Å². The molecule has 126 valence electrons. The van der Waals surface area contributed by atoms with Gasteiger partial charge in [0.1, 0.15) is 0 Å². The summed E-state index contributed by atoms with van der Waals surface area (Å²) in [7, 11) is 0. The topological polar surface area (TPSA) is 65.2 Å². The van der Waals surface area contributed by atoms with Crippen LogP contribution < -0.4 is 0 Å². The Bertz CT molecular complexity index is 890. The highest BCUT2D eigenvalue weighted by atomic mass is 35.5. The second-order valence-electron chi connectivity index (χ2n) is 5.25. The third kappa shape index (κ3) is 4.33. The van der Waals surface area contributed by atoms with E-state index in [1.807, 2.05) is 42.5 Å². The van der Waals surface area contributed by atoms with E-state index in [-0.39, 0.29) is 5.89 Å². The van der Waals surface area contributed by atoms with E-state index < -0.39 is 12.1 Å². The molecule has 3 aromatic rings. The summed E-state index contributed by atoms with van der Waals surface area (Å²) in [5, 5.41) is 8.47. The van der Waals surface area contributed by atoms with Crippen molar-refractivity contribution in [3.8, 4) is 11.5 Å². The maximum atomic E-state index is 11.9. The van der Waals surface area contributed by atoms with Crippen LogP contribution in [0.25, 0.3) is 17.5 Å². The average molecular weight is 355 g/mol. The summed E-state index contributed by atoms with van der Waals surface area (Å²) in [6, 6.07) is 16.6. The van der Waals surface area contributed by atoms with Crippen molar-refractivity contribution < 1.29 is 13.9 Å². The largest absolute Gasteiger partial charge is 0.449 e. The molecule has 25 heavy (non-hydrogen) atoms. The lowest BCUT2D eigenvalue weighted by atomic mass is 10.2. The van der Waals surface area contributed by atoms with Gasteiger partial charge in [-0.3, -0.25) is 0 Å². The van der Waals surface area contributed by atoms with Gasteiger partial charge in [0.2, 0.25) is 5.89 Å². The lowest BCUT2D eigenvalue weighted by Crippen LogP contribution is -2.06. The van der Waals surface area contributed by atoms with E-state index in [4.69, 9.17) is 20.8 Å². The minimum absolute atomic E-state index is 0.235. The number of nitrogens with zero attached hydrogens (tertiary/aromatic N) is 2. The van der Waals surface area contributed by atoms with Gasteiger partial charge in [-0.1, -0.05) is 48.0 Å². The standard InChI is InChI=1S/C19H15ClN2O3/c1-13(18-21-22-19(25-18)15-8-3-2-4-9-15)24-17(23)12-11-14-7-5-6-10-16(14)20/h2-13H,1H3/b12-11+/t13-/m0/s1. The third-order valence-electron chi connectivity index (χ3n) is 3.41. The van der Waals surface area contributed by atoms with Crippen molar-refractivity contribution in [3.05, 3.63) is 77.2 Å². The van der Waals surface area contributed by atoms with Gasteiger partial charge >= 0.3 is 5.97 Å². The lowest BCUT2D eigenvalue weighted by Gasteiger charge is -2.06. The molecular weight excluding hydrogens is 340 g/mol. The first-order chi connectivity index (χ1) is 12.1. The molecular formula is C19H15ClN2O3. The van der Waals surface area contributed by atoms with E-state index in [0.717, 1.165) is 11.1 Å². The van der Waals surface area contributed by atoms with Crippen molar-refractivity contribution in [2.24, 2.45) is 0 Å². The highest BCUT2D eigenvalue weighted by Crippen LogP contribution is 2.22. The maximum Gasteiger partial charge on any atom is 0.331 e. The maximum absolute atomic E-state index is 11.9. The first-order valence-electron chi connectivity index (χ1n) is 7.65. The molecule has 0 bridgehead atoms. The molecule has 1 heterocycles. The second-order valence-corrected chi connectivity index (χ2v) is 5.65. The number of carbonyl (C=O) groups excluding carboxylic acids is 1. The van der Waals surface area contributed by atoms with Gasteiger partial charge in [0, 0.05) is 16.7 Å². The minimum Gasteiger partial charge on any atom is -0.449 e. The van der Waals surface area contributed by atoms with E-state index in [1.165, 1.54) is 6.08 Å². The van der Waals surface area contributed by atoms with E-state index in [1.54, 1.807) is 25.1 Å². The van der Waals surface area contributed by atoms with Gasteiger partial charge in [-0.25, -0.2) is 4.79 Å². The normalized spacial score (nSPS) is 12.2. The molecule has 3 rings (SSSR count). The van der Waals surface area contributed by atoms with Crippen LogP contribution >= 0.6 is 11.6 Å². The van der Waals surface area contributed by atoms with Crippen molar-refractivity contribution in [1.82, 2.24) is 10.2 Å². The highest BCUT2D eigenvalue weighted by molar-refractivity contribution is 6.32. The zero-order chi connectivity index (χ0) is 17.6. The molecule has 0 aliphatic carbocycles. The van der Waals surface area contributed by atoms with Gasteiger partial charge in [-0.2, -0.15) is 0 Å². The summed E-state index contributed by atoms with van der Waals surface area (Å²) < 4.78 is 10.9. The Kier molecular flexibility index (Phi) is 5.26. The van der Waals surface area contributed by atoms with E-state index >= 15 is 0 Å². The van der Waals surface area contributed by atoms with E-state index in [2.05, 4.69) is 10.2 Å². The number of aromatic nitrogens is 2. The molecule has 0 fully saturated rings. The van der Waals surface area contributed by atoms with Crippen LogP contribution in [0.2, 0.25) is 5.02 Å². The SMILES string of the molecule is C[C@H](OC(=O)/C=C/c1ccccc1Cl)c1nnc(-c2ccccc2)o1. The molecule has 0 aliphatic heterocycles. The summed E-state index contributed by atoms with van der Waals surface area (Å²) in [5.74, 6) is 0.0929. The molecule has 0 saturated heterocycles. The molecule has 0 amide bonds. The van der Waals surface area contributed by atoms with Gasteiger partial charge in [-0.05, 0) is 36.8 Å². The van der Waals surface area contributed by atoms with Crippen LogP contribution in [-0.4, -0.2) is 16.2 Å². The van der Waals surface area contributed by atoms with Crippen molar-refractivity contribution in [2.45, 2.75) is 13.0 Å². The Labute approximate surface area is 149 Å². The zero-order valence-electron chi connectivity index (χ0n) is 13.4. The smallest absolute Gasteiger partial charge is 0.331 e. The average Bonchev–Trinajstić information content (AvgIpc) is 3.12. The Morgan fingerprint density at radius 2 is 1.84 bits per heavy atom. The van der Waals surface area contributed by atoms with Gasteiger partial charge in [-0.15, -0.1) is 10.2 Å². The number of rotatable bonds is 5. The van der Waals surface area contributed by atoms with Gasteiger partial charge in [0.05, 0.1) is 0 Å². The van der Waals surface area contributed by atoms with E-state index in [9.17, 15) is 4.79 Å².